The molecule has 4 aromatic rings. The van der Waals surface area contributed by atoms with Crippen LogP contribution >= 0.6 is 15.9 Å². The molecule has 0 saturated carbocycles. The zero-order valence-electron chi connectivity index (χ0n) is 22.5. The van der Waals surface area contributed by atoms with Crippen molar-refractivity contribution in [1.29, 1.82) is 0 Å². The lowest BCUT2D eigenvalue weighted by Gasteiger charge is -2.34. The molecule has 0 bridgehead atoms. The maximum absolute atomic E-state index is 13.0. The quantitative estimate of drug-likeness (QED) is 0.302. The Kier molecular flexibility index (Phi) is 7.85. The van der Waals surface area contributed by atoms with Crippen LogP contribution in [0.2, 0.25) is 0 Å². The molecular formula is C29H32BrN7O2. The van der Waals surface area contributed by atoms with Gasteiger partial charge in [-0.3, -0.25) is 4.79 Å². The van der Waals surface area contributed by atoms with Crippen molar-refractivity contribution in [3.05, 3.63) is 76.5 Å². The van der Waals surface area contributed by atoms with Crippen LogP contribution in [0, 0.1) is 6.92 Å². The van der Waals surface area contributed by atoms with Gasteiger partial charge in [-0.25, -0.2) is 9.97 Å². The fourth-order valence-corrected chi connectivity index (χ4v) is 5.21. The molecule has 0 atom stereocenters. The minimum absolute atomic E-state index is 0.190. The van der Waals surface area contributed by atoms with Gasteiger partial charge in [0.15, 0.2) is 0 Å². The standard InChI is InChI=1S/C29H32BrN7O2/c1-19-6-5-7-22(30)27(19)34-28(38)20-16-25(36(3)18-20)23-10-11-31-29(32-23)33-24-9-8-21(17-26(24)39-4)37-14-12-35(2)13-15-37/h5-11,16-18H,12-15H2,1-4H3,(H,34,38)(H,31,32,33). The zero-order valence-corrected chi connectivity index (χ0v) is 24.1. The predicted octanol–water partition coefficient (Wildman–Crippen LogP) is 5.31. The van der Waals surface area contributed by atoms with E-state index in [-0.39, 0.29) is 5.91 Å². The second-order valence-corrected chi connectivity index (χ2v) is 10.5. The smallest absolute Gasteiger partial charge is 0.257 e. The normalized spacial score (nSPS) is 13.8. The van der Waals surface area contributed by atoms with Crippen LogP contribution in [0.1, 0.15) is 15.9 Å². The number of nitrogens with zero attached hydrogens (tertiary/aromatic N) is 5. The molecule has 0 unspecified atom stereocenters. The average molecular weight is 591 g/mol. The lowest BCUT2D eigenvalue weighted by molar-refractivity contribution is 0.102. The minimum Gasteiger partial charge on any atom is -0.494 e. The summed E-state index contributed by atoms with van der Waals surface area (Å²) in [4.78, 5) is 26.9. The molecule has 2 aromatic heterocycles. The molecule has 1 fully saturated rings. The van der Waals surface area contributed by atoms with Crippen LogP contribution in [0.5, 0.6) is 5.75 Å². The van der Waals surface area contributed by atoms with Gasteiger partial charge in [-0.1, -0.05) is 12.1 Å². The molecule has 3 heterocycles. The number of likely N-dealkylation sites (N-methyl/N-ethyl adjacent to an activating group) is 1. The van der Waals surface area contributed by atoms with Crippen LogP contribution in [-0.2, 0) is 7.05 Å². The monoisotopic (exact) mass is 589 g/mol. The van der Waals surface area contributed by atoms with Crippen molar-refractivity contribution in [1.82, 2.24) is 19.4 Å². The molecule has 0 radical (unpaired) electrons. The van der Waals surface area contributed by atoms with E-state index in [9.17, 15) is 4.79 Å². The number of carbonyl (C=O) groups is 1. The van der Waals surface area contributed by atoms with Crippen molar-refractivity contribution in [2.24, 2.45) is 7.05 Å². The van der Waals surface area contributed by atoms with Crippen LogP contribution in [-0.4, -0.2) is 65.7 Å². The molecule has 202 valence electrons. The summed E-state index contributed by atoms with van der Waals surface area (Å²) in [5, 5.41) is 6.31. The van der Waals surface area contributed by atoms with E-state index in [1.54, 1.807) is 19.5 Å². The number of aromatic nitrogens is 3. The second-order valence-electron chi connectivity index (χ2n) is 9.68. The highest BCUT2D eigenvalue weighted by molar-refractivity contribution is 9.10. The van der Waals surface area contributed by atoms with Crippen LogP contribution in [0.4, 0.5) is 23.0 Å². The average Bonchev–Trinajstić information content (AvgIpc) is 3.33. The van der Waals surface area contributed by atoms with Gasteiger partial charge in [0.25, 0.3) is 5.91 Å². The number of methoxy groups -OCH3 is 1. The molecule has 1 amide bonds. The van der Waals surface area contributed by atoms with E-state index >= 15 is 0 Å². The van der Waals surface area contributed by atoms with Gasteiger partial charge in [0.1, 0.15) is 5.75 Å². The SMILES string of the molecule is COc1cc(N2CCN(C)CC2)ccc1Nc1nccc(-c2cc(C(=O)Nc3c(C)cccc3Br)cn2C)n1. The van der Waals surface area contributed by atoms with Crippen LogP contribution in [0.3, 0.4) is 0 Å². The number of benzene rings is 2. The summed E-state index contributed by atoms with van der Waals surface area (Å²) in [6.07, 6.45) is 3.50. The van der Waals surface area contributed by atoms with E-state index in [2.05, 4.69) is 54.5 Å². The summed E-state index contributed by atoms with van der Waals surface area (Å²) in [5.41, 5.74) is 5.68. The van der Waals surface area contributed by atoms with Gasteiger partial charge in [0.05, 0.1) is 35.4 Å². The Morgan fingerprint density at radius 2 is 1.85 bits per heavy atom. The van der Waals surface area contributed by atoms with E-state index in [4.69, 9.17) is 9.72 Å². The largest absolute Gasteiger partial charge is 0.494 e. The Bertz CT molecular complexity index is 1470. The minimum atomic E-state index is -0.190. The predicted molar refractivity (Wildman–Crippen MR) is 159 cm³/mol. The van der Waals surface area contributed by atoms with Crippen molar-refractivity contribution in [2.75, 3.05) is 55.9 Å². The highest BCUT2D eigenvalue weighted by Crippen LogP contribution is 2.32. The first-order valence-electron chi connectivity index (χ1n) is 12.8. The number of amides is 1. The van der Waals surface area contributed by atoms with Crippen molar-refractivity contribution in [3.63, 3.8) is 0 Å². The third-order valence-electron chi connectivity index (χ3n) is 6.95. The molecule has 1 aliphatic rings. The molecule has 2 aromatic carbocycles. The van der Waals surface area contributed by atoms with Gasteiger partial charge < -0.3 is 29.7 Å². The third-order valence-corrected chi connectivity index (χ3v) is 7.61. The second kappa shape index (κ2) is 11.5. The van der Waals surface area contributed by atoms with Crippen molar-refractivity contribution in [2.45, 2.75) is 6.92 Å². The Labute approximate surface area is 237 Å². The van der Waals surface area contributed by atoms with Crippen LogP contribution < -0.4 is 20.3 Å². The molecule has 1 aliphatic heterocycles. The van der Waals surface area contributed by atoms with Crippen molar-refractivity contribution >= 4 is 44.8 Å². The Balaban J connectivity index is 1.34. The summed E-state index contributed by atoms with van der Waals surface area (Å²) >= 11 is 3.52. The van der Waals surface area contributed by atoms with Crippen molar-refractivity contribution < 1.29 is 9.53 Å². The van der Waals surface area contributed by atoms with Gasteiger partial charge in [0, 0.05) is 61.8 Å². The number of carbonyl (C=O) groups excluding carboxylic acids is 1. The lowest BCUT2D eigenvalue weighted by Crippen LogP contribution is -2.44. The molecule has 10 heteroatoms. The van der Waals surface area contributed by atoms with Gasteiger partial charge >= 0.3 is 0 Å². The first-order valence-corrected chi connectivity index (χ1v) is 13.6. The maximum Gasteiger partial charge on any atom is 0.257 e. The number of rotatable bonds is 7. The van der Waals surface area contributed by atoms with E-state index in [1.807, 2.05) is 61.0 Å². The van der Waals surface area contributed by atoms with E-state index in [0.29, 0.717) is 17.2 Å². The van der Waals surface area contributed by atoms with Crippen LogP contribution in [0.25, 0.3) is 11.4 Å². The molecule has 5 rings (SSSR count). The summed E-state index contributed by atoms with van der Waals surface area (Å²) in [6, 6.07) is 15.6. The third kappa shape index (κ3) is 5.91. The number of nitrogens with one attached hydrogen (secondary N) is 2. The number of hydrogen-bond acceptors (Lipinski definition) is 7. The number of halogens is 1. The fraction of sp³-hybridized carbons (Fsp3) is 0.276. The molecule has 0 aliphatic carbocycles. The first-order chi connectivity index (χ1) is 18.8. The first kappa shape index (κ1) is 26.7. The van der Waals surface area contributed by atoms with Crippen LogP contribution in [0.15, 0.2) is 65.4 Å². The number of aryl methyl sites for hydroxylation is 2. The summed E-state index contributed by atoms with van der Waals surface area (Å²) in [5.74, 6) is 0.972. The van der Waals surface area contributed by atoms with E-state index in [1.165, 1.54) is 0 Å². The molecule has 9 nitrogen and oxygen atoms in total. The van der Waals surface area contributed by atoms with E-state index in [0.717, 1.165) is 64.7 Å². The highest BCUT2D eigenvalue weighted by Gasteiger charge is 2.18. The molecule has 0 spiro atoms. The number of anilines is 4. The Morgan fingerprint density at radius 1 is 1.05 bits per heavy atom. The van der Waals surface area contributed by atoms with Gasteiger partial charge in [-0.05, 0) is 65.8 Å². The van der Waals surface area contributed by atoms with E-state index < -0.39 is 0 Å². The van der Waals surface area contributed by atoms with Gasteiger partial charge in [-0.2, -0.15) is 0 Å². The molecule has 2 N–H and O–H groups in total. The van der Waals surface area contributed by atoms with Gasteiger partial charge in [0.2, 0.25) is 5.95 Å². The zero-order chi connectivity index (χ0) is 27.5. The lowest BCUT2D eigenvalue weighted by atomic mass is 10.2. The highest BCUT2D eigenvalue weighted by atomic mass is 79.9. The fourth-order valence-electron chi connectivity index (χ4n) is 4.65. The Hall–Kier alpha value is -3.89. The number of hydrogen-bond donors (Lipinski definition) is 2. The summed E-state index contributed by atoms with van der Waals surface area (Å²) in [7, 11) is 5.71. The maximum atomic E-state index is 13.0. The molecule has 39 heavy (non-hydrogen) atoms. The molecule has 1 saturated heterocycles. The number of ether oxygens (including phenoxy) is 1. The number of para-hydroxylation sites is 1. The summed E-state index contributed by atoms with van der Waals surface area (Å²) < 4.78 is 8.42. The molecular weight excluding hydrogens is 558 g/mol. The van der Waals surface area contributed by atoms with Gasteiger partial charge in [-0.15, -0.1) is 0 Å². The number of piperazine rings is 1. The van der Waals surface area contributed by atoms with Crippen molar-refractivity contribution in [3.8, 4) is 17.1 Å². The topological polar surface area (TPSA) is 87.5 Å². The summed E-state index contributed by atoms with van der Waals surface area (Å²) in [6.45, 7) is 6.00. The Morgan fingerprint density at radius 3 is 2.59 bits per heavy atom.